The first-order chi connectivity index (χ1) is 15.1. The van der Waals surface area contributed by atoms with Crippen LogP contribution in [0.3, 0.4) is 0 Å². The molecule has 0 aromatic heterocycles. The van der Waals surface area contributed by atoms with Gasteiger partial charge in [0.25, 0.3) is 0 Å². The summed E-state index contributed by atoms with van der Waals surface area (Å²) in [5.41, 5.74) is 1.60. The highest BCUT2D eigenvalue weighted by Crippen LogP contribution is 2.32. The lowest BCUT2D eigenvalue weighted by Crippen LogP contribution is -2.60. The van der Waals surface area contributed by atoms with Crippen molar-refractivity contribution in [1.29, 1.82) is 0 Å². The van der Waals surface area contributed by atoms with Crippen LogP contribution in [0.4, 0.5) is 0 Å². The third kappa shape index (κ3) is 5.96. The molecule has 1 aromatic carbocycles. The summed E-state index contributed by atoms with van der Waals surface area (Å²) in [5.74, 6) is 1.81. The van der Waals surface area contributed by atoms with Crippen LogP contribution in [0.5, 0.6) is 0 Å². The molecule has 32 heavy (non-hydrogen) atoms. The number of halogens is 1. The fourth-order valence-corrected chi connectivity index (χ4v) is 5.82. The van der Waals surface area contributed by atoms with E-state index in [2.05, 4.69) is 69.4 Å². The highest BCUT2D eigenvalue weighted by Gasteiger charge is 2.38. The number of ether oxygens (including phenoxy) is 1. The normalized spacial score (nSPS) is 26.4. The molecule has 0 radical (unpaired) electrons. The number of benzene rings is 1. The summed E-state index contributed by atoms with van der Waals surface area (Å²) in [6.07, 6.45) is 6.01. The van der Waals surface area contributed by atoms with Crippen molar-refractivity contribution in [3.8, 4) is 0 Å². The van der Waals surface area contributed by atoms with Crippen molar-refractivity contribution in [2.45, 2.75) is 50.2 Å². The smallest absolute Gasteiger partial charge is 0.193 e. The first-order valence-electron chi connectivity index (χ1n) is 12.1. The maximum absolute atomic E-state index is 5.64. The van der Waals surface area contributed by atoms with Gasteiger partial charge in [0.05, 0.1) is 0 Å². The van der Waals surface area contributed by atoms with E-state index in [4.69, 9.17) is 4.74 Å². The molecule has 0 amide bonds. The van der Waals surface area contributed by atoms with E-state index >= 15 is 0 Å². The van der Waals surface area contributed by atoms with Crippen LogP contribution < -0.4 is 5.32 Å². The Balaban J connectivity index is 0.00000289. The molecule has 4 rings (SSSR count). The summed E-state index contributed by atoms with van der Waals surface area (Å²) < 4.78 is 5.64. The van der Waals surface area contributed by atoms with Gasteiger partial charge < -0.3 is 19.9 Å². The number of nitrogens with one attached hydrogen (secondary N) is 1. The lowest BCUT2D eigenvalue weighted by atomic mass is 9.83. The zero-order valence-electron chi connectivity index (χ0n) is 20.1. The average Bonchev–Trinajstić information content (AvgIpc) is 2.81. The molecule has 3 fully saturated rings. The van der Waals surface area contributed by atoms with Gasteiger partial charge in [-0.15, -0.1) is 24.0 Å². The summed E-state index contributed by atoms with van der Waals surface area (Å²) >= 11 is 0. The van der Waals surface area contributed by atoms with Crippen LogP contribution in [-0.4, -0.2) is 92.8 Å². The SMILES string of the molecule is CN=C(NCC1(N(C)C)CCOCC1)N1CCC2C(CCCN2Cc2ccccc2)C1.I. The summed E-state index contributed by atoms with van der Waals surface area (Å²) in [6, 6.07) is 11.7. The van der Waals surface area contributed by atoms with Gasteiger partial charge in [-0.25, -0.2) is 0 Å². The lowest BCUT2D eigenvalue weighted by Gasteiger charge is -2.48. The van der Waals surface area contributed by atoms with Gasteiger partial charge in [-0.05, 0) is 64.2 Å². The Kier molecular flexibility index (Phi) is 9.64. The predicted molar refractivity (Wildman–Crippen MR) is 143 cm³/mol. The van der Waals surface area contributed by atoms with Crippen molar-refractivity contribution < 1.29 is 4.74 Å². The van der Waals surface area contributed by atoms with Crippen molar-refractivity contribution in [1.82, 2.24) is 20.0 Å². The van der Waals surface area contributed by atoms with E-state index in [0.29, 0.717) is 6.04 Å². The van der Waals surface area contributed by atoms with Gasteiger partial charge in [-0.1, -0.05) is 30.3 Å². The van der Waals surface area contributed by atoms with E-state index in [9.17, 15) is 0 Å². The van der Waals surface area contributed by atoms with E-state index in [-0.39, 0.29) is 29.5 Å². The number of fused-ring (bicyclic) bond motifs is 1. The molecule has 0 spiro atoms. The molecule has 1 N–H and O–H groups in total. The molecule has 3 saturated heterocycles. The predicted octanol–water partition coefficient (Wildman–Crippen LogP) is 3.28. The van der Waals surface area contributed by atoms with E-state index in [1.54, 1.807) is 0 Å². The molecular weight excluding hydrogens is 513 g/mol. The van der Waals surface area contributed by atoms with Gasteiger partial charge in [0.15, 0.2) is 5.96 Å². The molecule has 0 bridgehead atoms. The Morgan fingerprint density at radius 3 is 2.59 bits per heavy atom. The standard InChI is InChI=1S/C25H41N5O.HI/c1-26-24(27-20-25(28(2)3)12-16-31-17-13-25)30-15-11-23-22(19-30)10-7-14-29(23)18-21-8-5-4-6-9-21;/h4-6,8-9,22-23H,7,10-20H2,1-3H3,(H,26,27);1H. The van der Waals surface area contributed by atoms with Gasteiger partial charge in [0, 0.05) is 58.0 Å². The monoisotopic (exact) mass is 555 g/mol. The molecule has 2 atom stereocenters. The fourth-order valence-electron chi connectivity index (χ4n) is 5.82. The molecule has 3 aliphatic rings. The van der Waals surface area contributed by atoms with Crippen LogP contribution >= 0.6 is 24.0 Å². The van der Waals surface area contributed by atoms with Crippen LogP contribution in [-0.2, 0) is 11.3 Å². The van der Waals surface area contributed by atoms with Crippen molar-refractivity contribution >= 4 is 29.9 Å². The largest absolute Gasteiger partial charge is 0.381 e. The van der Waals surface area contributed by atoms with E-state index in [0.717, 1.165) is 64.1 Å². The number of rotatable bonds is 5. The highest BCUT2D eigenvalue weighted by atomic mass is 127. The Labute approximate surface area is 211 Å². The topological polar surface area (TPSA) is 43.3 Å². The number of likely N-dealkylation sites (N-methyl/N-ethyl adjacent to an activating group) is 1. The van der Waals surface area contributed by atoms with Crippen LogP contribution in [0, 0.1) is 5.92 Å². The summed E-state index contributed by atoms with van der Waals surface area (Å²) in [5, 5.41) is 3.74. The molecule has 1 aromatic rings. The van der Waals surface area contributed by atoms with Crippen molar-refractivity contribution in [2.24, 2.45) is 10.9 Å². The van der Waals surface area contributed by atoms with Crippen LogP contribution in [0.1, 0.15) is 37.7 Å². The summed E-state index contributed by atoms with van der Waals surface area (Å²) in [4.78, 5) is 12.3. The van der Waals surface area contributed by atoms with Crippen LogP contribution in [0.15, 0.2) is 35.3 Å². The number of aliphatic imine (C=N–C) groups is 1. The van der Waals surface area contributed by atoms with Gasteiger partial charge in [-0.3, -0.25) is 9.89 Å². The molecule has 0 aliphatic carbocycles. The maximum atomic E-state index is 5.64. The number of hydrogen-bond donors (Lipinski definition) is 1. The summed E-state index contributed by atoms with van der Waals surface area (Å²) in [7, 11) is 6.33. The van der Waals surface area contributed by atoms with Gasteiger partial charge >= 0.3 is 0 Å². The number of guanidine groups is 1. The minimum absolute atomic E-state index is 0. The Morgan fingerprint density at radius 1 is 1.16 bits per heavy atom. The number of likely N-dealkylation sites (tertiary alicyclic amines) is 2. The van der Waals surface area contributed by atoms with Crippen LogP contribution in [0.2, 0.25) is 0 Å². The van der Waals surface area contributed by atoms with E-state index < -0.39 is 0 Å². The van der Waals surface area contributed by atoms with E-state index in [1.165, 1.54) is 31.4 Å². The first-order valence-corrected chi connectivity index (χ1v) is 12.1. The van der Waals surface area contributed by atoms with Gasteiger partial charge in [0.2, 0.25) is 0 Å². The Bertz CT molecular complexity index is 722. The molecule has 0 saturated carbocycles. The van der Waals surface area contributed by atoms with Crippen molar-refractivity contribution in [3.05, 3.63) is 35.9 Å². The third-order valence-corrected chi connectivity index (χ3v) is 7.87. The Morgan fingerprint density at radius 2 is 1.91 bits per heavy atom. The minimum Gasteiger partial charge on any atom is -0.381 e. The molecule has 2 unspecified atom stereocenters. The summed E-state index contributed by atoms with van der Waals surface area (Å²) in [6.45, 7) is 7.16. The number of piperidine rings is 2. The highest BCUT2D eigenvalue weighted by molar-refractivity contribution is 14.0. The second-order valence-electron chi connectivity index (χ2n) is 9.79. The van der Waals surface area contributed by atoms with E-state index in [1.807, 2.05) is 7.05 Å². The average molecular weight is 556 g/mol. The second-order valence-corrected chi connectivity index (χ2v) is 9.79. The quantitative estimate of drug-likeness (QED) is 0.344. The lowest BCUT2D eigenvalue weighted by molar-refractivity contribution is -0.00573. The zero-order chi connectivity index (χ0) is 21.7. The van der Waals surface area contributed by atoms with Crippen molar-refractivity contribution in [2.75, 3.05) is 60.5 Å². The molecule has 6 nitrogen and oxygen atoms in total. The Hall–Kier alpha value is -0.900. The molecule has 3 heterocycles. The van der Waals surface area contributed by atoms with Crippen molar-refractivity contribution in [3.63, 3.8) is 0 Å². The zero-order valence-corrected chi connectivity index (χ0v) is 22.5. The third-order valence-electron chi connectivity index (χ3n) is 7.87. The molecule has 3 aliphatic heterocycles. The molecule has 180 valence electrons. The van der Waals surface area contributed by atoms with Crippen LogP contribution in [0.25, 0.3) is 0 Å². The van der Waals surface area contributed by atoms with Gasteiger partial charge in [0.1, 0.15) is 0 Å². The maximum Gasteiger partial charge on any atom is 0.193 e. The number of hydrogen-bond acceptors (Lipinski definition) is 4. The van der Waals surface area contributed by atoms with Gasteiger partial charge in [-0.2, -0.15) is 0 Å². The molecular formula is C25H42IN5O. The fraction of sp³-hybridized carbons (Fsp3) is 0.720. The first kappa shape index (κ1) is 25.7. The molecule has 7 heteroatoms. The second kappa shape index (κ2) is 12.0. The number of nitrogens with zero attached hydrogens (tertiary/aromatic N) is 4. The minimum atomic E-state index is 0.